The highest BCUT2D eigenvalue weighted by molar-refractivity contribution is 6.05. The van der Waals surface area contributed by atoms with Crippen molar-refractivity contribution in [2.75, 3.05) is 0 Å². The number of aliphatic imine (C=N–C) groups is 1. The number of aryl methyl sites for hydroxylation is 1. The predicted octanol–water partition coefficient (Wildman–Crippen LogP) is 3.02. The van der Waals surface area contributed by atoms with Crippen molar-refractivity contribution in [3.63, 3.8) is 0 Å². The van der Waals surface area contributed by atoms with E-state index in [2.05, 4.69) is 15.6 Å². The summed E-state index contributed by atoms with van der Waals surface area (Å²) in [6, 6.07) is 7.14. The van der Waals surface area contributed by atoms with E-state index in [4.69, 9.17) is 11.5 Å². The summed E-state index contributed by atoms with van der Waals surface area (Å²) < 4.78 is 40.4. The van der Waals surface area contributed by atoms with Crippen LogP contribution in [0.4, 0.5) is 13.2 Å². The van der Waals surface area contributed by atoms with E-state index in [0.29, 0.717) is 11.1 Å². The topological polar surface area (TPSA) is 106 Å². The maximum absolute atomic E-state index is 13.8. The lowest BCUT2D eigenvalue weighted by molar-refractivity contribution is 0.0974. The zero-order chi connectivity index (χ0) is 22.5. The molecule has 0 radical (unpaired) electrons. The van der Waals surface area contributed by atoms with Crippen molar-refractivity contribution in [2.24, 2.45) is 16.5 Å². The Morgan fingerprint density at radius 1 is 1.10 bits per heavy atom. The van der Waals surface area contributed by atoms with Gasteiger partial charge in [-0.05, 0) is 68.0 Å². The van der Waals surface area contributed by atoms with Crippen molar-refractivity contribution in [2.45, 2.75) is 50.9 Å². The minimum absolute atomic E-state index is 0.0415. The molecule has 2 aromatic rings. The van der Waals surface area contributed by atoms with E-state index in [-0.39, 0.29) is 29.8 Å². The van der Waals surface area contributed by atoms with Crippen molar-refractivity contribution in [3.05, 3.63) is 70.5 Å². The third-order valence-corrected chi connectivity index (χ3v) is 5.25. The van der Waals surface area contributed by atoms with E-state index in [0.717, 1.165) is 31.4 Å². The fraction of sp³-hybridized carbons (Fsp3) is 0.364. The zero-order valence-corrected chi connectivity index (χ0v) is 17.2. The molecule has 0 saturated heterocycles. The summed E-state index contributed by atoms with van der Waals surface area (Å²) in [6.07, 6.45) is 2.35. The van der Waals surface area contributed by atoms with Crippen molar-refractivity contribution < 1.29 is 18.0 Å². The number of hydrogen-bond acceptors (Lipinski definition) is 4. The van der Waals surface area contributed by atoms with Crippen LogP contribution in [-0.4, -0.2) is 24.1 Å². The van der Waals surface area contributed by atoms with Crippen LogP contribution < -0.4 is 22.1 Å². The Bertz CT molecular complexity index is 978. The number of nitrogens with two attached hydrogens (primary N) is 2. The summed E-state index contributed by atoms with van der Waals surface area (Å²) in [6.45, 7) is 1.66. The Morgan fingerprint density at radius 2 is 1.84 bits per heavy atom. The molecular weight excluding hydrogens is 407 g/mol. The molecule has 0 aromatic heterocycles. The molecule has 0 bridgehead atoms. The fourth-order valence-corrected chi connectivity index (χ4v) is 3.11. The van der Waals surface area contributed by atoms with E-state index >= 15 is 0 Å². The van der Waals surface area contributed by atoms with Gasteiger partial charge in [-0.1, -0.05) is 12.1 Å². The molecule has 6 N–H and O–H groups in total. The number of carbonyl (C=O) groups excluding carboxylic acids is 1. The molecule has 0 spiro atoms. The summed E-state index contributed by atoms with van der Waals surface area (Å²) in [5.41, 5.74) is 13.4. The van der Waals surface area contributed by atoms with Crippen LogP contribution in [0.2, 0.25) is 0 Å². The Balaban J connectivity index is 1.67. The van der Waals surface area contributed by atoms with Gasteiger partial charge in [-0.3, -0.25) is 10.1 Å². The standard InChI is InChI=1S/C22H26F3N5O/c1-12-5-6-13(9-17(12)24)19(26)11-20(27)29-22(28-15-3-2-4-15)30-21(31)14-7-8-16(23)18(25)10-14/h5-10,15,19-20H,2-4,11,26-27H2,1H3,(H2,28,29,30,31). The van der Waals surface area contributed by atoms with E-state index in [1.165, 1.54) is 12.1 Å². The van der Waals surface area contributed by atoms with Gasteiger partial charge in [-0.25, -0.2) is 18.2 Å². The number of benzene rings is 2. The monoisotopic (exact) mass is 433 g/mol. The van der Waals surface area contributed by atoms with Crippen LogP contribution in [0.5, 0.6) is 0 Å². The molecule has 1 saturated carbocycles. The van der Waals surface area contributed by atoms with Gasteiger partial charge in [0.1, 0.15) is 5.82 Å². The smallest absolute Gasteiger partial charge is 0.258 e. The first-order valence-corrected chi connectivity index (χ1v) is 10.1. The Morgan fingerprint density at radius 3 is 2.45 bits per heavy atom. The molecule has 3 rings (SSSR count). The second-order valence-corrected chi connectivity index (χ2v) is 7.75. The van der Waals surface area contributed by atoms with Crippen LogP contribution in [0.15, 0.2) is 41.4 Å². The second kappa shape index (κ2) is 9.93. The number of hydrogen-bond donors (Lipinski definition) is 4. The fourth-order valence-electron chi connectivity index (χ4n) is 3.11. The number of nitrogens with zero attached hydrogens (tertiary/aromatic N) is 1. The first kappa shape index (κ1) is 22.8. The second-order valence-electron chi connectivity index (χ2n) is 7.75. The number of amides is 1. The number of carbonyl (C=O) groups is 1. The van der Waals surface area contributed by atoms with Gasteiger partial charge < -0.3 is 16.8 Å². The molecule has 1 aliphatic carbocycles. The van der Waals surface area contributed by atoms with Crippen LogP contribution in [0.3, 0.4) is 0 Å². The minimum Gasteiger partial charge on any atom is -0.341 e. The van der Waals surface area contributed by atoms with Gasteiger partial charge >= 0.3 is 0 Å². The quantitative estimate of drug-likeness (QED) is 0.319. The molecule has 1 amide bonds. The molecule has 0 heterocycles. The third-order valence-electron chi connectivity index (χ3n) is 5.25. The van der Waals surface area contributed by atoms with E-state index in [1.807, 2.05) is 0 Å². The lowest BCUT2D eigenvalue weighted by atomic mass is 9.94. The molecule has 2 unspecified atom stereocenters. The number of rotatable bonds is 6. The van der Waals surface area contributed by atoms with Crippen LogP contribution >= 0.6 is 0 Å². The van der Waals surface area contributed by atoms with Gasteiger partial charge in [0.05, 0.1) is 12.2 Å². The molecule has 1 aliphatic rings. The molecule has 2 aromatic carbocycles. The Labute approximate surface area is 178 Å². The normalized spacial score (nSPS) is 16.4. The minimum atomic E-state index is -1.12. The van der Waals surface area contributed by atoms with Gasteiger partial charge in [0.15, 0.2) is 17.6 Å². The summed E-state index contributed by atoms with van der Waals surface area (Å²) in [5, 5.41) is 5.49. The van der Waals surface area contributed by atoms with Crippen LogP contribution in [0.1, 0.15) is 53.2 Å². The van der Waals surface area contributed by atoms with Crippen molar-refractivity contribution in [3.8, 4) is 0 Å². The predicted molar refractivity (Wildman–Crippen MR) is 113 cm³/mol. The summed E-state index contributed by atoms with van der Waals surface area (Å²) in [7, 11) is 0. The van der Waals surface area contributed by atoms with Crippen LogP contribution in [-0.2, 0) is 0 Å². The van der Waals surface area contributed by atoms with Crippen molar-refractivity contribution in [1.29, 1.82) is 0 Å². The van der Waals surface area contributed by atoms with Gasteiger partial charge in [-0.15, -0.1) is 0 Å². The number of guanidine groups is 1. The van der Waals surface area contributed by atoms with Gasteiger partial charge in [0, 0.05) is 11.6 Å². The molecule has 31 heavy (non-hydrogen) atoms. The molecule has 0 aliphatic heterocycles. The third kappa shape index (κ3) is 6.05. The molecule has 1 fully saturated rings. The summed E-state index contributed by atoms with van der Waals surface area (Å²) in [4.78, 5) is 16.9. The van der Waals surface area contributed by atoms with Gasteiger partial charge in [0.2, 0.25) is 0 Å². The average Bonchev–Trinajstić information content (AvgIpc) is 2.68. The summed E-state index contributed by atoms with van der Waals surface area (Å²) in [5.74, 6) is -3.02. The lowest BCUT2D eigenvalue weighted by Gasteiger charge is -2.25. The average molecular weight is 433 g/mol. The van der Waals surface area contributed by atoms with Crippen molar-refractivity contribution in [1.82, 2.24) is 10.6 Å². The molecule has 6 nitrogen and oxygen atoms in total. The molecular formula is C22H26F3N5O. The van der Waals surface area contributed by atoms with Crippen LogP contribution in [0, 0.1) is 24.4 Å². The van der Waals surface area contributed by atoms with Gasteiger partial charge in [0.25, 0.3) is 5.91 Å². The lowest BCUT2D eigenvalue weighted by Crippen LogP contribution is -2.51. The largest absolute Gasteiger partial charge is 0.341 e. The maximum atomic E-state index is 13.8. The van der Waals surface area contributed by atoms with E-state index < -0.39 is 29.7 Å². The highest BCUT2D eigenvalue weighted by atomic mass is 19.2. The van der Waals surface area contributed by atoms with E-state index in [1.54, 1.807) is 19.1 Å². The Hall–Kier alpha value is -2.91. The zero-order valence-electron chi connectivity index (χ0n) is 17.2. The Kier molecular flexibility index (Phi) is 7.29. The first-order valence-electron chi connectivity index (χ1n) is 10.1. The SMILES string of the molecule is Cc1ccc(C(N)CC(N)NC(=NC2CCC2)NC(=O)c2ccc(F)c(F)c2)cc1F. The number of halogens is 3. The highest BCUT2D eigenvalue weighted by Crippen LogP contribution is 2.22. The number of nitrogens with one attached hydrogen (secondary N) is 2. The highest BCUT2D eigenvalue weighted by Gasteiger charge is 2.21. The maximum Gasteiger partial charge on any atom is 0.258 e. The molecule has 2 atom stereocenters. The van der Waals surface area contributed by atoms with E-state index in [9.17, 15) is 18.0 Å². The van der Waals surface area contributed by atoms with Crippen molar-refractivity contribution >= 4 is 11.9 Å². The first-order chi connectivity index (χ1) is 14.7. The molecule has 166 valence electrons. The van der Waals surface area contributed by atoms with Gasteiger partial charge in [-0.2, -0.15) is 0 Å². The molecule has 9 heteroatoms. The van der Waals surface area contributed by atoms with Crippen LogP contribution in [0.25, 0.3) is 0 Å². The summed E-state index contributed by atoms with van der Waals surface area (Å²) >= 11 is 0.